The zero-order valence-electron chi connectivity index (χ0n) is 14.6. The molecule has 1 atom stereocenters. The van der Waals surface area contributed by atoms with Crippen LogP contribution in [0.15, 0.2) is 22.5 Å². The van der Waals surface area contributed by atoms with E-state index in [-0.39, 0.29) is 29.7 Å². The Bertz CT molecular complexity index is 617. The normalized spacial score (nSPS) is 17.6. The molecule has 1 aromatic rings. The first-order chi connectivity index (χ1) is 11.5. The average Bonchev–Trinajstić information content (AvgIpc) is 3.13. The summed E-state index contributed by atoms with van der Waals surface area (Å²) in [4.78, 5) is 5.46. The lowest BCUT2D eigenvalue weighted by atomic mass is 10.1. The first-order valence-corrected chi connectivity index (χ1v) is 10.6. The topological polar surface area (TPSA) is 83.0 Å². The Balaban J connectivity index is 0.00000312. The second kappa shape index (κ2) is 11.3. The SMILES string of the molecule is CN=C(NCCS(=O)(=O)N1CCOCC1)NCC(C)c1cccs1.I. The van der Waals surface area contributed by atoms with Gasteiger partial charge >= 0.3 is 0 Å². The van der Waals surface area contributed by atoms with Crippen LogP contribution in [-0.2, 0) is 14.8 Å². The molecule has 0 saturated carbocycles. The van der Waals surface area contributed by atoms with Crippen LogP contribution < -0.4 is 10.6 Å². The van der Waals surface area contributed by atoms with Gasteiger partial charge < -0.3 is 15.4 Å². The third kappa shape index (κ3) is 7.37. The molecule has 1 fully saturated rings. The van der Waals surface area contributed by atoms with Gasteiger partial charge in [-0.2, -0.15) is 4.31 Å². The summed E-state index contributed by atoms with van der Waals surface area (Å²) < 4.78 is 31.2. The summed E-state index contributed by atoms with van der Waals surface area (Å²) in [5.41, 5.74) is 0. The number of nitrogens with one attached hydrogen (secondary N) is 2. The first-order valence-electron chi connectivity index (χ1n) is 8.06. The largest absolute Gasteiger partial charge is 0.379 e. The lowest BCUT2D eigenvalue weighted by Crippen LogP contribution is -2.45. The number of sulfonamides is 1. The molecule has 2 rings (SSSR count). The minimum absolute atomic E-state index is 0. The maximum atomic E-state index is 12.2. The van der Waals surface area contributed by atoms with Crippen molar-refractivity contribution in [3.63, 3.8) is 0 Å². The molecule has 0 bridgehead atoms. The zero-order valence-corrected chi connectivity index (χ0v) is 18.6. The molecule has 1 aliphatic rings. The summed E-state index contributed by atoms with van der Waals surface area (Å²) in [7, 11) is -1.56. The van der Waals surface area contributed by atoms with Gasteiger partial charge in [0.1, 0.15) is 0 Å². The molecular weight excluding hydrogens is 475 g/mol. The van der Waals surface area contributed by atoms with Gasteiger partial charge in [-0.3, -0.25) is 4.99 Å². The molecular formula is C15H27IN4O3S2. The molecule has 10 heteroatoms. The van der Waals surface area contributed by atoms with E-state index in [9.17, 15) is 8.42 Å². The molecule has 0 aromatic carbocycles. The van der Waals surface area contributed by atoms with Gasteiger partial charge in [-0.15, -0.1) is 35.3 Å². The Labute approximate surface area is 171 Å². The standard InChI is InChI=1S/C15H26N4O3S2.HI/c1-13(14-4-3-10-23-14)12-18-15(16-2)17-5-11-24(20,21)19-6-8-22-9-7-19;/h3-4,10,13H,5-9,11-12H2,1-2H3,(H2,16,17,18);1H. The Morgan fingerprint density at radius 1 is 1.40 bits per heavy atom. The number of hydrogen-bond donors (Lipinski definition) is 2. The van der Waals surface area contributed by atoms with Crippen molar-refractivity contribution in [2.24, 2.45) is 4.99 Å². The molecule has 0 amide bonds. The smallest absolute Gasteiger partial charge is 0.215 e. The highest BCUT2D eigenvalue weighted by Crippen LogP contribution is 2.19. The average molecular weight is 502 g/mol. The van der Waals surface area contributed by atoms with Gasteiger partial charge in [0, 0.05) is 44.0 Å². The number of rotatable bonds is 7. The van der Waals surface area contributed by atoms with Gasteiger partial charge in [0.15, 0.2) is 5.96 Å². The molecule has 0 spiro atoms. The van der Waals surface area contributed by atoms with Crippen LogP contribution in [0.25, 0.3) is 0 Å². The summed E-state index contributed by atoms with van der Waals surface area (Å²) in [6, 6.07) is 4.15. The van der Waals surface area contributed by atoms with Crippen molar-refractivity contribution in [3.8, 4) is 0 Å². The van der Waals surface area contributed by atoms with Crippen molar-refractivity contribution in [2.45, 2.75) is 12.8 Å². The van der Waals surface area contributed by atoms with E-state index in [1.165, 1.54) is 9.18 Å². The number of nitrogens with zero attached hydrogens (tertiary/aromatic N) is 2. The summed E-state index contributed by atoms with van der Waals surface area (Å²) in [5.74, 6) is 1.05. The van der Waals surface area contributed by atoms with Crippen molar-refractivity contribution in [2.75, 3.05) is 52.2 Å². The fourth-order valence-electron chi connectivity index (χ4n) is 2.39. The van der Waals surface area contributed by atoms with E-state index in [0.29, 0.717) is 44.7 Å². The Morgan fingerprint density at radius 3 is 2.72 bits per heavy atom. The molecule has 25 heavy (non-hydrogen) atoms. The van der Waals surface area contributed by atoms with Crippen molar-refractivity contribution in [1.82, 2.24) is 14.9 Å². The number of halogens is 1. The summed E-state index contributed by atoms with van der Waals surface area (Å²) in [6.07, 6.45) is 0. The van der Waals surface area contributed by atoms with Gasteiger partial charge in [0.25, 0.3) is 0 Å². The van der Waals surface area contributed by atoms with E-state index in [2.05, 4.69) is 34.0 Å². The molecule has 0 aliphatic carbocycles. The number of morpholine rings is 1. The quantitative estimate of drug-likeness (QED) is 0.334. The minimum Gasteiger partial charge on any atom is -0.379 e. The number of aliphatic imine (C=N–C) groups is 1. The molecule has 1 aromatic heterocycles. The van der Waals surface area contributed by atoms with Crippen molar-refractivity contribution in [1.29, 1.82) is 0 Å². The third-order valence-electron chi connectivity index (χ3n) is 3.84. The number of guanidine groups is 1. The van der Waals surface area contributed by atoms with Crippen LogP contribution in [0.1, 0.15) is 17.7 Å². The molecule has 1 saturated heterocycles. The highest BCUT2D eigenvalue weighted by Gasteiger charge is 2.23. The maximum Gasteiger partial charge on any atom is 0.215 e. The molecule has 2 N–H and O–H groups in total. The van der Waals surface area contributed by atoms with Crippen molar-refractivity contribution in [3.05, 3.63) is 22.4 Å². The van der Waals surface area contributed by atoms with Gasteiger partial charge in [0.05, 0.1) is 19.0 Å². The monoisotopic (exact) mass is 502 g/mol. The van der Waals surface area contributed by atoms with Gasteiger partial charge in [-0.1, -0.05) is 13.0 Å². The van der Waals surface area contributed by atoms with E-state index >= 15 is 0 Å². The number of ether oxygens (including phenoxy) is 1. The predicted molar refractivity (Wildman–Crippen MR) is 114 cm³/mol. The Kier molecular flexibility index (Phi) is 10.2. The molecule has 1 aliphatic heterocycles. The predicted octanol–water partition coefficient (Wildman–Crippen LogP) is 1.30. The van der Waals surface area contributed by atoms with E-state index in [1.54, 1.807) is 18.4 Å². The highest BCUT2D eigenvalue weighted by atomic mass is 127. The molecule has 7 nitrogen and oxygen atoms in total. The van der Waals surface area contributed by atoms with Crippen LogP contribution in [0.5, 0.6) is 0 Å². The van der Waals surface area contributed by atoms with Crippen molar-refractivity contribution >= 4 is 51.3 Å². The lowest BCUT2D eigenvalue weighted by Gasteiger charge is -2.26. The van der Waals surface area contributed by atoms with Crippen LogP contribution >= 0.6 is 35.3 Å². The van der Waals surface area contributed by atoms with Crippen LogP contribution in [0, 0.1) is 0 Å². The second-order valence-electron chi connectivity index (χ2n) is 5.62. The first kappa shape index (κ1) is 22.6. The van der Waals surface area contributed by atoms with Crippen molar-refractivity contribution < 1.29 is 13.2 Å². The maximum absolute atomic E-state index is 12.2. The van der Waals surface area contributed by atoms with Gasteiger partial charge in [-0.05, 0) is 11.4 Å². The molecule has 144 valence electrons. The fraction of sp³-hybridized carbons (Fsp3) is 0.667. The molecule has 1 unspecified atom stereocenters. The number of hydrogen-bond acceptors (Lipinski definition) is 5. The summed E-state index contributed by atoms with van der Waals surface area (Å²) in [5, 5.41) is 8.38. The highest BCUT2D eigenvalue weighted by molar-refractivity contribution is 14.0. The van der Waals surface area contributed by atoms with Crippen LogP contribution in [0.2, 0.25) is 0 Å². The van der Waals surface area contributed by atoms with Gasteiger partial charge in [0.2, 0.25) is 10.0 Å². The van der Waals surface area contributed by atoms with E-state index in [0.717, 1.165) is 6.54 Å². The van der Waals surface area contributed by atoms with Crippen LogP contribution in [0.4, 0.5) is 0 Å². The minimum atomic E-state index is -3.24. The lowest BCUT2D eigenvalue weighted by molar-refractivity contribution is 0.0730. The Morgan fingerprint density at radius 2 is 2.12 bits per heavy atom. The second-order valence-corrected chi connectivity index (χ2v) is 8.69. The molecule has 2 heterocycles. The van der Waals surface area contributed by atoms with E-state index in [1.807, 2.05) is 6.07 Å². The van der Waals surface area contributed by atoms with E-state index in [4.69, 9.17) is 4.74 Å². The third-order valence-corrected chi connectivity index (χ3v) is 6.82. The zero-order chi connectivity index (χ0) is 17.4. The number of thiophene rings is 1. The summed E-state index contributed by atoms with van der Waals surface area (Å²) in [6.45, 7) is 5.03. The Hall–Kier alpha value is -0.430. The summed E-state index contributed by atoms with van der Waals surface area (Å²) >= 11 is 1.73. The fourth-order valence-corrected chi connectivity index (χ4v) is 4.51. The van der Waals surface area contributed by atoms with Gasteiger partial charge in [-0.25, -0.2) is 8.42 Å². The molecule has 0 radical (unpaired) electrons. The van der Waals surface area contributed by atoms with E-state index < -0.39 is 10.0 Å². The van der Waals surface area contributed by atoms with Crippen LogP contribution in [-0.4, -0.2) is 70.9 Å². The van der Waals surface area contributed by atoms with Crippen LogP contribution in [0.3, 0.4) is 0 Å².